The highest BCUT2D eigenvalue weighted by atomic mass is 16.5. The fourth-order valence-electron chi connectivity index (χ4n) is 4.37. The summed E-state index contributed by atoms with van der Waals surface area (Å²) in [5, 5.41) is 15.4. The molecule has 8 nitrogen and oxygen atoms in total. The first-order valence-corrected chi connectivity index (χ1v) is 11.3. The highest BCUT2D eigenvalue weighted by Crippen LogP contribution is 2.46. The molecule has 2 atom stereocenters. The highest BCUT2D eigenvalue weighted by molar-refractivity contribution is 5.91. The number of alkyl carbamates (subject to hydrolysis) is 1. The Morgan fingerprint density at radius 3 is 2.06 bits per heavy atom. The summed E-state index contributed by atoms with van der Waals surface area (Å²) in [6.07, 6.45) is -2.20. The van der Waals surface area contributed by atoms with Crippen molar-refractivity contribution in [3.05, 3.63) is 95.6 Å². The third kappa shape index (κ3) is 5.67. The summed E-state index contributed by atoms with van der Waals surface area (Å²) >= 11 is 0. The maximum absolute atomic E-state index is 12.7. The van der Waals surface area contributed by atoms with E-state index in [1.54, 1.807) is 0 Å². The quantitative estimate of drug-likeness (QED) is 0.379. The van der Waals surface area contributed by atoms with Crippen molar-refractivity contribution in [3.8, 4) is 11.1 Å². The van der Waals surface area contributed by atoms with Crippen LogP contribution in [0.3, 0.4) is 0 Å². The average Bonchev–Trinajstić information content (AvgIpc) is 3.19. The van der Waals surface area contributed by atoms with Gasteiger partial charge in [-0.25, -0.2) is 4.79 Å². The maximum Gasteiger partial charge on any atom is 0.407 e. The second-order valence-corrected chi connectivity index (χ2v) is 8.40. The highest BCUT2D eigenvalue weighted by Gasteiger charge is 2.38. The fraction of sp³-hybridized carbons (Fsp3) is 0.222. The van der Waals surface area contributed by atoms with Crippen LogP contribution in [0.4, 0.5) is 4.79 Å². The second kappa shape index (κ2) is 10.8. The number of amides is 3. The van der Waals surface area contributed by atoms with Crippen molar-refractivity contribution >= 4 is 17.9 Å². The van der Waals surface area contributed by atoms with Crippen molar-refractivity contribution < 1.29 is 24.2 Å². The molecule has 0 fully saturated rings. The van der Waals surface area contributed by atoms with Crippen LogP contribution < -0.4 is 16.4 Å². The molecule has 5 N–H and O–H groups in total. The first-order valence-electron chi connectivity index (χ1n) is 11.3. The third-order valence-electron chi connectivity index (χ3n) is 5.95. The van der Waals surface area contributed by atoms with Gasteiger partial charge in [-0.1, -0.05) is 78.9 Å². The molecule has 0 saturated carbocycles. The first kappa shape index (κ1) is 24.0. The Balaban J connectivity index is 1.34. The van der Waals surface area contributed by atoms with Crippen LogP contribution >= 0.6 is 0 Å². The normalized spacial score (nSPS) is 13.7. The van der Waals surface area contributed by atoms with Crippen LogP contribution in [-0.2, 0) is 20.9 Å². The standard InChI is InChI=1S/C27H27N3O5/c28-26(33)25(24-21-12-6-4-10-19(21)20-11-5-7-13-22(20)24)30-23(32)14-18(31)15-29-27(34)35-16-17-8-2-1-3-9-17/h1-13,18,24-25,31H,14-16H2,(H2,28,33)(H,29,34)(H,30,32)/t18-,25-/m0/s1. The van der Waals surface area contributed by atoms with Crippen molar-refractivity contribution in [1.82, 2.24) is 10.6 Å². The minimum absolute atomic E-state index is 0.0912. The van der Waals surface area contributed by atoms with Gasteiger partial charge in [-0.3, -0.25) is 9.59 Å². The van der Waals surface area contributed by atoms with E-state index in [1.165, 1.54) is 0 Å². The molecule has 3 aromatic carbocycles. The average molecular weight is 474 g/mol. The monoisotopic (exact) mass is 473 g/mol. The fourth-order valence-corrected chi connectivity index (χ4v) is 4.37. The molecule has 0 aromatic heterocycles. The van der Waals surface area contributed by atoms with E-state index in [9.17, 15) is 19.5 Å². The van der Waals surface area contributed by atoms with Gasteiger partial charge in [-0.05, 0) is 27.8 Å². The van der Waals surface area contributed by atoms with Crippen LogP contribution in [0, 0.1) is 0 Å². The van der Waals surface area contributed by atoms with Gasteiger partial charge in [-0.15, -0.1) is 0 Å². The molecule has 0 unspecified atom stereocenters. The van der Waals surface area contributed by atoms with Gasteiger partial charge in [-0.2, -0.15) is 0 Å². The molecule has 180 valence electrons. The molecule has 3 amide bonds. The van der Waals surface area contributed by atoms with E-state index < -0.39 is 36.0 Å². The van der Waals surface area contributed by atoms with E-state index in [2.05, 4.69) is 10.6 Å². The van der Waals surface area contributed by atoms with E-state index in [-0.39, 0.29) is 19.6 Å². The number of nitrogens with two attached hydrogens (primary N) is 1. The predicted octanol–water partition coefficient (Wildman–Crippen LogP) is 2.45. The van der Waals surface area contributed by atoms with Crippen LogP contribution in [0.15, 0.2) is 78.9 Å². The third-order valence-corrected chi connectivity index (χ3v) is 5.95. The smallest absolute Gasteiger partial charge is 0.407 e. The molecule has 35 heavy (non-hydrogen) atoms. The molecule has 0 aliphatic heterocycles. The molecule has 0 saturated heterocycles. The SMILES string of the molecule is NC(=O)[C@@H](NC(=O)C[C@H](O)CNC(=O)OCc1ccccc1)C1c2ccccc2-c2ccccc21. The van der Waals surface area contributed by atoms with Gasteiger partial charge in [0.25, 0.3) is 0 Å². The predicted molar refractivity (Wildman–Crippen MR) is 130 cm³/mol. The molecule has 1 aliphatic carbocycles. The number of primary amides is 1. The van der Waals surface area contributed by atoms with Gasteiger partial charge < -0.3 is 26.2 Å². The number of aliphatic hydroxyl groups is 1. The number of carbonyl (C=O) groups is 3. The van der Waals surface area contributed by atoms with Crippen LogP contribution in [0.5, 0.6) is 0 Å². The Labute approximate surface area is 203 Å². The summed E-state index contributed by atoms with van der Waals surface area (Å²) in [6, 6.07) is 23.6. The number of ether oxygens (including phenoxy) is 1. The van der Waals surface area contributed by atoms with Crippen molar-refractivity contribution in [1.29, 1.82) is 0 Å². The van der Waals surface area contributed by atoms with Gasteiger partial charge in [0.05, 0.1) is 12.5 Å². The number of nitrogens with one attached hydrogen (secondary N) is 2. The van der Waals surface area contributed by atoms with Crippen LogP contribution in [0.2, 0.25) is 0 Å². The number of hydrogen-bond acceptors (Lipinski definition) is 5. The Hall–Kier alpha value is -4.17. The lowest BCUT2D eigenvalue weighted by molar-refractivity contribution is -0.128. The molecule has 0 heterocycles. The summed E-state index contributed by atoms with van der Waals surface area (Å²) in [5.74, 6) is -1.67. The topological polar surface area (TPSA) is 131 Å². The minimum atomic E-state index is -1.17. The van der Waals surface area contributed by atoms with Crippen molar-refractivity contribution in [2.24, 2.45) is 5.73 Å². The second-order valence-electron chi connectivity index (χ2n) is 8.40. The van der Waals surface area contributed by atoms with E-state index in [4.69, 9.17) is 10.5 Å². The molecular weight excluding hydrogens is 446 g/mol. The van der Waals surface area contributed by atoms with Gasteiger partial charge in [0.15, 0.2) is 0 Å². The van der Waals surface area contributed by atoms with Crippen LogP contribution in [-0.4, -0.2) is 41.7 Å². The summed E-state index contributed by atoms with van der Waals surface area (Å²) in [7, 11) is 0. The van der Waals surface area contributed by atoms with Crippen molar-refractivity contribution in [3.63, 3.8) is 0 Å². The molecule has 4 rings (SSSR count). The number of aliphatic hydroxyl groups excluding tert-OH is 1. The van der Waals surface area contributed by atoms with Crippen LogP contribution in [0.25, 0.3) is 11.1 Å². The minimum Gasteiger partial charge on any atom is -0.445 e. The zero-order valence-corrected chi connectivity index (χ0v) is 19.0. The summed E-state index contributed by atoms with van der Waals surface area (Å²) in [4.78, 5) is 37.0. The summed E-state index contributed by atoms with van der Waals surface area (Å²) in [6.45, 7) is -0.0920. The zero-order valence-electron chi connectivity index (χ0n) is 19.0. The Morgan fingerprint density at radius 1 is 0.886 bits per heavy atom. The molecule has 0 radical (unpaired) electrons. The largest absolute Gasteiger partial charge is 0.445 e. The van der Waals surface area contributed by atoms with Crippen molar-refractivity contribution in [2.75, 3.05) is 6.54 Å². The lowest BCUT2D eigenvalue weighted by Gasteiger charge is -2.24. The molecule has 3 aromatic rings. The zero-order chi connectivity index (χ0) is 24.8. The summed E-state index contributed by atoms with van der Waals surface area (Å²) < 4.78 is 5.09. The Morgan fingerprint density at radius 2 is 1.46 bits per heavy atom. The van der Waals surface area contributed by atoms with Gasteiger partial charge in [0.2, 0.25) is 11.8 Å². The Bertz CT molecular complexity index is 1170. The molecule has 1 aliphatic rings. The maximum atomic E-state index is 12.7. The lowest BCUT2D eigenvalue weighted by atomic mass is 9.88. The lowest BCUT2D eigenvalue weighted by Crippen LogP contribution is -2.49. The number of rotatable bonds is 9. The van der Waals surface area contributed by atoms with Crippen LogP contribution in [0.1, 0.15) is 29.0 Å². The number of benzene rings is 3. The van der Waals surface area contributed by atoms with E-state index in [0.29, 0.717) is 0 Å². The van der Waals surface area contributed by atoms with E-state index in [0.717, 1.165) is 27.8 Å². The molecule has 0 bridgehead atoms. The molecular formula is C27H27N3O5. The van der Waals surface area contributed by atoms with Gasteiger partial charge >= 0.3 is 6.09 Å². The first-order chi connectivity index (χ1) is 16.9. The Kier molecular flexibility index (Phi) is 7.42. The number of fused-ring (bicyclic) bond motifs is 3. The summed E-state index contributed by atoms with van der Waals surface area (Å²) in [5.41, 5.74) is 10.3. The van der Waals surface area contributed by atoms with Gasteiger partial charge in [0.1, 0.15) is 12.6 Å². The van der Waals surface area contributed by atoms with Gasteiger partial charge in [0, 0.05) is 12.5 Å². The van der Waals surface area contributed by atoms with E-state index in [1.807, 2.05) is 78.9 Å². The van der Waals surface area contributed by atoms with E-state index >= 15 is 0 Å². The molecule has 0 spiro atoms. The number of hydrogen-bond donors (Lipinski definition) is 4. The number of carbonyl (C=O) groups excluding carboxylic acids is 3. The molecule has 8 heteroatoms. The van der Waals surface area contributed by atoms with Crippen molar-refractivity contribution in [2.45, 2.75) is 31.1 Å².